The molecular formula is C11H11ClN2S. The zero-order valence-corrected chi connectivity index (χ0v) is 9.87. The van der Waals surface area contributed by atoms with Crippen molar-refractivity contribution in [1.29, 1.82) is 5.26 Å². The first-order chi connectivity index (χ1) is 7.29. The van der Waals surface area contributed by atoms with Crippen molar-refractivity contribution >= 4 is 22.9 Å². The lowest BCUT2D eigenvalue weighted by molar-refractivity contribution is 0.221. The molecule has 4 heteroatoms. The second kappa shape index (κ2) is 3.48. The van der Waals surface area contributed by atoms with E-state index in [-0.39, 0.29) is 0 Å². The molecule has 0 unspecified atom stereocenters. The van der Waals surface area contributed by atoms with Crippen molar-refractivity contribution in [3.63, 3.8) is 0 Å². The van der Waals surface area contributed by atoms with Crippen LogP contribution in [-0.4, -0.2) is 18.0 Å². The number of nitriles is 1. The van der Waals surface area contributed by atoms with E-state index in [0.29, 0.717) is 10.3 Å². The van der Waals surface area contributed by atoms with Gasteiger partial charge in [0.1, 0.15) is 10.4 Å². The van der Waals surface area contributed by atoms with Crippen LogP contribution in [0, 0.1) is 11.3 Å². The van der Waals surface area contributed by atoms with Crippen LogP contribution in [0.1, 0.15) is 34.8 Å². The molecule has 3 aliphatic heterocycles. The number of halogens is 1. The molecule has 0 saturated carbocycles. The van der Waals surface area contributed by atoms with Crippen LogP contribution in [0.25, 0.3) is 0 Å². The van der Waals surface area contributed by atoms with Gasteiger partial charge in [0.05, 0.1) is 5.56 Å². The fourth-order valence-corrected chi connectivity index (χ4v) is 4.22. The van der Waals surface area contributed by atoms with Crippen LogP contribution in [0.3, 0.4) is 0 Å². The summed E-state index contributed by atoms with van der Waals surface area (Å²) >= 11 is 7.71. The molecule has 0 radical (unpaired) electrons. The topological polar surface area (TPSA) is 27.0 Å². The molecule has 15 heavy (non-hydrogen) atoms. The van der Waals surface area contributed by atoms with E-state index in [0.717, 1.165) is 12.1 Å². The zero-order chi connectivity index (χ0) is 10.4. The molecule has 2 nitrogen and oxygen atoms in total. The molecule has 0 amide bonds. The van der Waals surface area contributed by atoms with Crippen LogP contribution < -0.4 is 0 Å². The number of hydrogen-bond donors (Lipinski definition) is 0. The first kappa shape index (κ1) is 9.65. The van der Waals surface area contributed by atoms with Gasteiger partial charge in [-0.25, -0.2) is 0 Å². The van der Waals surface area contributed by atoms with E-state index < -0.39 is 0 Å². The van der Waals surface area contributed by atoms with Gasteiger partial charge in [0.25, 0.3) is 0 Å². The molecule has 4 rings (SSSR count). The van der Waals surface area contributed by atoms with E-state index in [4.69, 9.17) is 16.9 Å². The second-order valence-electron chi connectivity index (χ2n) is 4.25. The van der Waals surface area contributed by atoms with Crippen molar-refractivity contribution in [3.05, 3.63) is 20.3 Å². The highest BCUT2D eigenvalue weighted by atomic mass is 35.5. The van der Waals surface area contributed by atoms with E-state index in [1.54, 1.807) is 11.3 Å². The molecule has 0 N–H and O–H groups in total. The Morgan fingerprint density at radius 2 is 2.13 bits per heavy atom. The highest BCUT2D eigenvalue weighted by Crippen LogP contribution is 2.44. The minimum atomic E-state index is 0.581. The molecule has 2 bridgehead atoms. The maximum Gasteiger partial charge on any atom is 0.111 e. The highest BCUT2D eigenvalue weighted by molar-refractivity contribution is 7.16. The van der Waals surface area contributed by atoms with Gasteiger partial charge in [0.2, 0.25) is 0 Å². The molecule has 1 fully saturated rings. The Hall–Kier alpha value is -0.560. The van der Waals surface area contributed by atoms with Gasteiger partial charge in [0, 0.05) is 11.4 Å². The average molecular weight is 239 g/mol. The van der Waals surface area contributed by atoms with Crippen molar-refractivity contribution in [3.8, 4) is 6.07 Å². The van der Waals surface area contributed by atoms with Gasteiger partial charge in [-0.2, -0.15) is 5.26 Å². The van der Waals surface area contributed by atoms with Crippen LogP contribution in [-0.2, 0) is 6.54 Å². The lowest BCUT2D eigenvalue weighted by Gasteiger charge is -2.26. The summed E-state index contributed by atoms with van der Waals surface area (Å²) in [5.41, 5.74) is 2.03. The Bertz CT molecular complexity index is 438. The van der Waals surface area contributed by atoms with Crippen LogP contribution in [0.2, 0.25) is 4.34 Å². The second-order valence-corrected chi connectivity index (χ2v) is 5.96. The molecule has 1 aromatic rings. The fourth-order valence-electron chi connectivity index (χ4n) is 2.70. The van der Waals surface area contributed by atoms with E-state index in [1.807, 2.05) is 0 Å². The third kappa shape index (κ3) is 1.40. The maximum absolute atomic E-state index is 9.14. The molecule has 0 aromatic carbocycles. The summed E-state index contributed by atoms with van der Waals surface area (Å²) in [6, 6.07) is 2.27. The predicted molar refractivity (Wildman–Crippen MR) is 61.3 cm³/mol. The summed E-state index contributed by atoms with van der Waals surface area (Å²) in [7, 11) is 0. The number of rotatable bonds is 0. The van der Waals surface area contributed by atoms with E-state index in [1.165, 1.54) is 36.4 Å². The van der Waals surface area contributed by atoms with Crippen LogP contribution in [0.5, 0.6) is 0 Å². The lowest BCUT2D eigenvalue weighted by atomic mass is 9.90. The van der Waals surface area contributed by atoms with Crippen molar-refractivity contribution < 1.29 is 0 Å². The largest absolute Gasteiger partial charge is 0.298 e. The van der Waals surface area contributed by atoms with Crippen LogP contribution in [0.15, 0.2) is 0 Å². The SMILES string of the molecule is N#Cc1c(Cl)sc2c1C1CCN(CC1)C2. The van der Waals surface area contributed by atoms with Crippen molar-refractivity contribution in [1.82, 2.24) is 4.90 Å². The standard InChI is InChI=1S/C11H11ClN2S/c12-11-8(5-13)10-7-1-3-14(4-2-7)6-9(10)15-11/h7H,1-4,6H2. The minimum absolute atomic E-state index is 0.581. The van der Waals surface area contributed by atoms with E-state index >= 15 is 0 Å². The lowest BCUT2D eigenvalue weighted by Crippen LogP contribution is -2.28. The summed E-state index contributed by atoms with van der Waals surface area (Å²) in [6.07, 6.45) is 2.38. The van der Waals surface area contributed by atoms with Crippen LogP contribution in [0.4, 0.5) is 0 Å². The van der Waals surface area contributed by atoms with Crippen molar-refractivity contribution in [2.45, 2.75) is 25.3 Å². The minimum Gasteiger partial charge on any atom is -0.298 e. The summed E-state index contributed by atoms with van der Waals surface area (Å²) in [4.78, 5) is 3.80. The first-order valence-corrected chi connectivity index (χ1v) is 6.42. The Morgan fingerprint density at radius 3 is 2.80 bits per heavy atom. The monoisotopic (exact) mass is 238 g/mol. The van der Waals surface area contributed by atoms with Crippen molar-refractivity contribution in [2.75, 3.05) is 13.1 Å². The Kier molecular flexibility index (Phi) is 2.24. The Morgan fingerprint density at radius 1 is 1.40 bits per heavy atom. The van der Waals surface area contributed by atoms with Crippen molar-refractivity contribution in [2.24, 2.45) is 0 Å². The summed E-state index contributed by atoms with van der Waals surface area (Å²) in [5, 5.41) is 9.14. The molecule has 0 spiro atoms. The molecule has 78 valence electrons. The van der Waals surface area contributed by atoms with Gasteiger partial charge in [-0.3, -0.25) is 4.90 Å². The molecule has 0 aliphatic carbocycles. The van der Waals surface area contributed by atoms with Gasteiger partial charge in [-0.1, -0.05) is 11.6 Å². The normalized spacial score (nSPS) is 28.3. The first-order valence-electron chi connectivity index (χ1n) is 5.23. The summed E-state index contributed by atoms with van der Waals surface area (Å²) in [6.45, 7) is 3.35. The van der Waals surface area contributed by atoms with E-state index in [2.05, 4.69) is 11.0 Å². The maximum atomic E-state index is 9.14. The third-order valence-corrected chi connectivity index (χ3v) is 4.85. The number of nitrogens with zero attached hydrogens (tertiary/aromatic N) is 2. The van der Waals surface area contributed by atoms with Gasteiger partial charge >= 0.3 is 0 Å². The number of fused-ring (bicyclic) bond motifs is 2. The number of hydrogen-bond acceptors (Lipinski definition) is 3. The molecule has 0 atom stereocenters. The molecule has 3 aliphatic rings. The predicted octanol–water partition coefficient (Wildman–Crippen LogP) is 2.97. The Balaban J connectivity index is 2.18. The average Bonchev–Trinajstić information content (AvgIpc) is 2.38. The molecular weight excluding hydrogens is 228 g/mol. The highest BCUT2D eigenvalue weighted by Gasteiger charge is 2.32. The van der Waals surface area contributed by atoms with Gasteiger partial charge in [0.15, 0.2) is 0 Å². The van der Waals surface area contributed by atoms with Gasteiger partial charge in [-0.15, -0.1) is 11.3 Å². The third-order valence-electron chi connectivity index (χ3n) is 3.45. The molecule has 4 heterocycles. The summed E-state index contributed by atoms with van der Waals surface area (Å²) in [5.74, 6) is 0.581. The van der Waals surface area contributed by atoms with Crippen LogP contribution >= 0.6 is 22.9 Å². The number of thiophene rings is 1. The molecule has 1 aromatic heterocycles. The number of piperidine rings is 1. The zero-order valence-electron chi connectivity index (χ0n) is 8.29. The van der Waals surface area contributed by atoms with Gasteiger partial charge < -0.3 is 0 Å². The quantitative estimate of drug-likeness (QED) is 0.695. The Labute approximate surface area is 98.1 Å². The van der Waals surface area contributed by atoms with Gasteiger partial charge in [-0.05, 0) is 37.4 Å². The smallest absolute Gasteiger partial charge is 0.111 e. The molecule has 1 saturated heterocycles. The summed E-state index contributed by atoms with van der Waals surface area (Å²) < 4.78 is 0.691. The fraction of sp³-hybridized carbons (Fsp3) is 0.545. The van der Waals surface area contributed by atoms with E-state index in [9.17, 15) is 0 Å².